The van der Waals surface area contributed by atoms with E-state index in [4.69, 9.17) is 10.2 Å². The summed E-state index contributed by atoms with van der Waals surface area (Å²) >= 11 is 0. The van der Waals surface area contributed by atoms with E-state index in [1.165, 1.54) is 6.33 Å². The van der Waals surface area contributed by atoms with E-state index in [2.05, 4.69) is 25.1 Å². The Bertz CT molecular complexity index is 790. The molecular formula is C18H28N6O3. The number of amides is 1. The smallest absolute Gasteiger partial charge is 0.225 e. The number of nitrogens with two attached hydrogens (primary N) is 1. The highest BCUT2D eigenvalue weighted by Crippen LogP contribution is 2.28. The topological polar surface area (TPSA) is 121 Å². The van der Waals surface area contributed by atoms with Gasteiger partial charge >= 0.3 is 0 Å². The number of nitrogens with one attached hydrogen (secondary N) is 1. The predicted octanol–water partition coefficient (Wildman–Crippen LogP) is 0.457. The molecule has 1 aliphatic heterocycles. The molecule has 0 aromatic carbocycles. The Hall–Kier alpha value is -2.23. The van der Waals surface area contributed by atoms with Crippen LogP contribution >= 0.6 is 0 Å². The van der Waals surface area contributed by atoms with Crippen LogP contribution in [0.2, 0.25) is 0 Å². The lowest BCUT2D eigenvalue weighted by Crippen LogP contribution is -2.49. The maximum absolute atomic E-state index is 11.9. The van der Waals surface area contributed by atoms with Crippen LogP contribution in [0.4, 0.5) is 5.82 Å². The monoisotopic (exact) mass is 376 g/mol. The van der Waals surface area contributed by atoms with Crippen LogP contribution < -0.4 is 16.0 Å². The van der Waals surface area contributed by atoms with E-state index in [1.807, 2.05) is 20.8 Å². The van der Waals surface area contributed by atoms with E-state index in [1.54, 1.807) is 6.07 Å². The average Bonchev–Trinajstić information content (AvgIpc) is 3.06. The van der Waals surface area contributed by atoms with E-state index in [9.17, 15) is 9.90 Å². The molecule has 27 heavy (non-hydrogen) atoms. The number of aromatic nitrogens is 2. The average molecular weight is 376 g/mol. The predicted molar refractivity (Wildman–Crippen MR) is 102 cm³/mol. The molecule has 1 saturated heterocycles. The first-order chi connectivity index (χ1) is 12.8. The Kier molecular flexibility index (Phi) is 5.64. The molecule has 0 saturated carbocycles. The molecule has 0 aliphatic carbocycles. The van der Waals surface area contributed by atoms with Crippen molar-refractivity contribution >= 4 is 22.8 Å². The number of hydrogen-bond donors (Lipinski definition) is 3. The van der Waals surface area contributed by atoms with Gasteiger partial charge in [-0.3, -0.25) is 15.4 Å². The number of aliphatic hydroxyl groups is 1. The van der Waals surface area contributed by atoms with Gasteiger partial charge in [0.05, 0.1) is 0 Å². The van der Waals surface area contributed by atoms with Crippen molar-refractivity contribution in [2.24, 2.45) is 11.1 Å². The third-order valence-corrected chi connectivity index (χ3v) is 4.67. The molecule has 1 aliphatic rings. The minimum atomic E-state index is -1.17. The van der Waals surface area contributed by atoms with Gasteiger partial charge in [-0.05, 0) is 0 Å². The number of hydrogen-bond acceptors (Lipinski definition) is 8. The van der Waals surface area contributed by atoms with Crippen molar-refractivity contribution in [3.05, 3.63) is 18.2 Å². The normalized spacial score (nSPS) is 17.3. The highest BCUT2D eigenvalue weighted by molar-refractivity contribution is 5.84. The molecule has 3 rings (SSSR count). The zero-order valence-electron chi connectivity index (χ0n) is 16.1. The first kappa shape index (κ1) is 19.5. The Labute approximate surface area is 158 Å². The minimum Gasteiger partial charge on any atom is -0.451 e. The highest BCUT2D eigenvalue weighted by atomic mass is 16.4. The highest BCUT2D eigenvalue weighted by Gasteiger charge is 2.24. The lowest BCUT2D eigenvalue weighted by molar-refractivity contribution is -0.128. The van der Waals surface area contributed by atoms with Gasteiger partial charge in [-0.25, -0.2) is 9.97 Å². The molecule has 2 aromatic rings. The number of fused-ring (bicyclic) bond motifs is 1. The number of anilines is 1. The molecule has 2 aromatic heterocycles. The number of rotatable bonds is 5. The molecule has 3 heterocycles. The van der Waals surface area contributed by atoms with Gasteiger partial charge in [-0.15, -0.1) is 0 Å². The van der Waals surface area contributed by atoms with Crippen LogP contribution in [0.15, 0.2) is 16.8 Å². The van der Waals surface area contributed by atoms with Gasteiger partial charge in [0.2, 0.25) is 5.91 Å². The third-order valence-electron chi connectivity index (χ3n) is 4.67. The van der Waals surface area contributed by atoms with Crippen LogP contribution in [0.1, 0.15) is 32.8 Å². The van der Waals surface area contributed by atoms with Gasteiger partial charge in [0, 0.05) is 50.7 Å². The molecule has 9 heteroatoms. The summed E-state index contributed by atoms with van der Waals surface area (Å²) in [5.74, 6) is 1.06. The summed E-state index contributed by atoms with van der Waals surface area (Å²) in [7, 11) is 0. The molecule has 1 unspecified atom stereocenters. The third kappa shape index (κ3) is 4.55. The summed E-state index contributed by atoms with van der Waals surface area (Å²) in [5, 5.41) is 12.5. The quantitative estimate of drug-likeness (QED) is 0.644. The van der Waals surface area contributed by atoms with Gasteiger partial charge in [-0.2, -0.15) is 0 Å². The molecule has 9 nitrogen and oxygen atoms in total. The van der Waals surface area contributed by atoms with Crippen molar-refractivity contribution in [1.29, 1.82) is 0 Å². The van der Waals surface area contributed by atoms with Crippen molar-refractivity contribution in [3.63, 3.8) is 0 Å². The van der Waals surface area contributed by atoms with Crippen molar-refractivity contribution in [1.82, 2.24) is 20.2 Å². The summed E-state index contributed by atoms with van der Waals surface area (Å²) in [4.78, 5) is 24.9. The van der Waals surface area contributed by atoms with Gasteiger partial charge in [0.25, 0.3) is 0 Å². The summed E-state index contributed by atoms with van der Waals surface area (Å²) in [5.41, 5.74) is 6.29. The van der Waals surface area contributed by atoms with Crippen LogP contribution in [0, 0.1) is 5.41 Å². The number of carbonyl (C=O) groups excluding carboxylic acids is 1. The van der Waals surface area contributed by atoms with Crippen molar-refractivity contribution in [2.75, 3.05) is 44.2 Å². The summed E-state index contributed by atoms with van der Waals surface area (Å²) in [6, 6.07) is 1.64. The van der Waals surface area contributed by atoms with E-state index < -0.39 is 6.23 Å². The molecule has 0 radical (unpaired) electrons. The zero-order chi connectivity index (χ0) is 19.6. The number of piperazine rings is 1. The maximum Gasteiger partial charge on any atom is 0.225 e. The standard InChI is InChI=1S/C18H28N6O3/c1-18(2,3)17(26)20-4-5-23-6-8-24(9-7-23)16-14-12(21-11-22-16)10-13(27-14)15(19)25/h10-11,15,25H,4-9,19H2,1-3H3,(H,20,26). The second-order valence-corrected chi connectivity index (χ2v) is 7.84. The molecular weight excluding hydrogens is 348 g/mol. The van der Waals surface area contributed by atoms with E-state index in [-0.39, 0.29) is 17.1 Å². The van der Waals surface area contributed by atoms with E-state index in [0.717, 1.165) is 32.7 Å². The van der Waals surface area contributed by atoms with Crippen molar-refractivity contribution in [2.45, 2.75) is 27.0 Å². The van der Waals surface area contributed by atoms with E-state index >= 15 is 0 Å². The van der Waals surface area contributed by atoms with Crippen molar-refractivity contribution in [3.8, 4) is 0 Å². The van der Waals surface area contributed by atoms with Crippen molar-refractivity contribution < 1.29 is 14.3 Å². The fraction of sp³-hybridized carbons (Fsp3) is 0.611. The molecule has 0 spiro atoms. The number of furan rings is 1. The Balaban J connectivity index is 1.57. The fourth-order valence-electron chi connectivity index (χ4n) is 3.01. The second-order valence-electron chi connectivity index (χ2n) is 7.84. The first-order valence-electron chi connectivity index (χ1n) is 9.19. The van der Waals surface area contributed by atoms with Gasteiger partial charge in [0.15, 0.2) is 17.6 Å². The van der Waals surface area contributed by atoms with Crippen LogP contribution in [0.5, 0.6) is 0 Å². The molecule has 1 fully saturated rings. The fourth-order valence-corrected chi connectivity index (χ4v) is 3.01. The van der Waals surface area contributed by atoms with Crippen LogP contribution in [0.3, 0.4) is 0 Å². The van der Waals surface area contributed by atoms with Crippen LogP contribution in [-0.2, 0) is 4.79 Å². The second kappa shape index (κ2) is 7.79. The van der Waals surface area contributed by atoms with E-state index in [0.29, 0.717) is 23.5 Å². The zero-order valence-corrected chi connectivity index (χ0v) is 16.1. The Morgan fingerprint density at radius 1 is 1.33 bits per heavy atom. The summed E-state index contributed by atoms with van der Waals surface area (Å²) in [6.45, 7) is 10.5. The number of carbonyl (C=O) groups is 1. The SMILES string of the molecule is CC(C)(C)C(=O)NCCN1CCN(c2ncnc3cc(C(N)O)oc23)CC1. The van der Waals surface area contributed by atoms with Gasteiger partial charge in [0.1, 0.15) is 17.6 Å². The lowest BCUT2D eigenvalue weighted by atomic mass is 9.96. The van der Waals surface area contributed by atoms with Gasteiger partial charge in [-0.1, -0.05) is 20.8 Å². The molecule has 1 atom stereocenters. The minimum absolute atomic E-state index is 0.0697. The Morgan fingerprint density at radius 2 is 2.04 bits per heavy atom. The maximum atomic E-state index is 11.9. The molecule has 4 N–H and O–H groups in total. The number of nitrogens with zero attached hydrogens (tertiary/aromatic N) is 4. The van der Waals surface area contributed by atoms with Crippen LogP contribution in [0.25, 0.3) is 11.1 Å². The number of aliphatic hydroxyl groups excluding tert-OH is 1. The summed E-state index contributed by atoms with van der Waals surface area (Å²) < 4.78 is 5.66. The summed E-state index contributed by atoms with van der Waals surface area (Å²) in [6.07, 6.45) is 0.320. The van der Waals surface area contributed by atoms with Crippen LogP contribution in [-0.4, -0.2) is 65.2 Å². The Morgan fingerprint density at radius 3 is 2.67 bits per heavy atom. The van der Waals surface area contributed by atoms with Gasteiger partial charge < -0.3 is 19.7 Å². The largest absolute Gasteiger partial charge is 0.451 e. The molecule has 148 valence electrons. The molecule has 0 bridgehead atoms. The molecule has 1 amide bonds. The first-order valence-corrected chi connectivity index (χ1v) is 9.19. The lowest BCUT2D eigenvalue weighted by Gasteiger charge is -2.35.